The van der Waals surface area contributed by atoms with Crippen molar-refractivity contribution in [3.8, 4) is 0 Å². The van der Waals surface area contributed by atoms with E-state index in [2.05, 4.69) is 4.98 Å². The molecule has 1 aliphatic rings. The summed E-state index contributed by atoms with van der Waals surface area (Å²) in [7, 11) is 0. The van der Waals surface area contributed by atoms with Crippen molar-refractivity contribution in [2.24, 2.45) is 5.73 Å². The van der Waals surface area contributed by atoms with Gasteiger partial charge in [0.2, 0.25) is 5.91 Å². The smallest absolute Gasteiger partial charge is 0.339 e. The molecule has 0 bridgehead atoms. The second-order valence-corrected chi connectivity index (χ2v) is 4.40. The highest BCUT2D eigenvalue weighted by Crippen LogP contribution is 2.28. The zero-order valence-corrected chi connectivity index (χ0v) is 10.1. The minimum absolute atomic E-state index is 0.105. The molecule has 0 aromatic carbocycles. The van der Waals surface area contributed by atoms with Crippen LogP contribution in [0.4, 0.5) is 5.69 Å². The number of carbonyl (C=O) groups excluding carboxylic acids is 1. The maximum Gasteiger partial charge on any atom is 0.339 e. The molecule has 1 fully saturated rings. The highest BCUT2D eigenvalue weighted by molar-refractivity contribution is 5.95. The maximum atomic E-state index is 11.4. The number of aromatic carboxylic acids is 1. The zero-order chi connectivity index (χ0) is 13.3. The van der Waals surface area contributed by atoms with Crippen molar-refractivity contribution in [1.29, 1.82) is 0 Å². The van der Waals surface area contributed by atoms with Crippen LogP contribution in [0.1, 0.15) is 28.9 Å². The third kappa shape index (κ3) is 2.13. The number of primary amides is 1. The van der Waals surface area contributed by atoms with E-state index in [9.17, 15) is 9.59 Å². The van der Waals surface area contributed by atoms with E-state index < -0.39 is 17.9 Å². The highest BCUT2D eigenvalue weighted by atomic mass is 16.4. The van der Waals surface area contributed by atoms with Crippen molar-refractivity contribution in [3.05, 3.63) is 23.5 Å². The molecule has 1 amide bonds. The van der Waals surface area contributed by atoms with Crippen molar-refractivity contribution < 1.29 is 14.7 Å². The molecule has 0 radical (unpaired) electrons. The summed E-state index contributed by atoms with van der Waals surface area (Å²) in [5.41, 5.74) is 6.69. The molecule has 2 rings (SSSR count). The monoisotopic (exact) mass is 249 g/mol. The summed E-state index contributed by atoms with van der Waals surface area (Å²) in [6.45, 7) is 2.42. The van der Waals surface area contributed by atoms with Crippen LogP contribution >= 0.6 is 0 Å². The van der Waals surface area contributed by atoms with E-state index in [1.807, 2.05) is 0 Å². The summed E-state index contributed by atoms with van der Waals surface area (Å²) in [5.74, 6) is -1.47. The first-order valence-corrected chi connectivity index (χ1v) is 5.76. The first-order valence-electron chi connectivity index (χ1n) is 5.76. The number of nitrogens with two attached hydrogens (primary N) is 1. The van der Waals surface area contributed by atoms with Gasteiger partial charge in [-0.2, -0.15) is 0 Å². The maximum absolute atomic E-state index is 11.4. The van der Waals surface area contributed by atoms with Crippen molar-refractivity contribution in [2.75, 3.05) is 11.4 Å². The van der Waals surface area contributed by atoms with Crippen molar-refractivity contribution >= 4 is 17.6 Å². The molecule has 1 unspecified atom stereocenters. The van der Waals surface area contributed by atoms with Gasteiger partial charge >= 0.3 is 5.97 Å². The zero-order valence-electron chi connectivity index (χ0n) is 10.1. The quantitative estimate of drug-likeness (QED) is 0.815. The Bertz CT molecular complexity index is 501. The Hall–Kier alpha value is -2.11. The van der Waals surface area contributed by atoms with E-state index in [-0.39, 0.29) is 5.56 Å². The number of rotatable bonds is 3. The largest absolute Gasteiger partial charge is 0.478 e. The SMILES string of the molecule is Cc1cc(N2CCCC2C(N)=O)c(C(=O)O)cn1. The van der Waals surface area contributed by atoms with Gasteiger partial charge in [-0.25, -0.2) is 4.79 Å². The lowest BCUT2D eigenvalue weighted by Crippen LogP contribution is -2.41. The van der Waals surface area contributed by atoms with Crippen LogP contribution in [0.25, 0.3) is 0 Å². The van der Waals surface area contributed by atoms with Gasteiger partial charge in [0.15, 0.2) is 0 Å². The lowest BCUT2D eigenvalue weighted by molar-refractivity contribution is -0.119. The minimum atomic E-state index is -1.05. The van der Waals surface area contributed by atoms with E-state index >= 15 is 0 Å². The molecule has 1 saturated heterocycles. The highest BCUT2D eigenvalue weighted by Gasteiger charge is 2.31. The molecule has 0 spiro atoms. The number of aromatic nitrogens is 1. The lowest BCUT2D eigenvalue weighted by atomic mass is 10.1. The third-order valence-electron chi connectivity index (χ3n) is 3.14. The van der Waals surface area contributed by atoms with Gasteiger partial charge in [-0.15, -0.1) is 0 Å². The van der Waals surface area contributed by atoms with Gasteiger partial charge in [-0.1, -0.05) is 0 Å². The van der Waals surface area contributed by atoms with E-state index in [1.54, 1.807) is 17.9 Å². The lowest BCUT2D eigenvalue weighted by Gasteiger charge is -2.25. The molecular formula is C12H15N3O3. The first-order chi connectivity index (χ1) is 8.50. The van der Waals surface area contributed by atoms with Crippen LogP contribution in [-0.2, 0) is 4.79 Å². The molecular weight excluding hydrogens is 234 g/mol. The van der Waals surface area contributed by atoms with Gasteiger partial charge in [0.05, 0.1) is 5.69 Å². The number of nitrogens with zero attached hydrogens (tertiary/aromatic N) is 2. The van der Waals surface area contributed by atoms with Crippen LogP contribution in [0.3, 0.4) is 0 Å². The summed E-state index contributed by atoms with van der Waals surface area (Å²) in [6.07, 6.45) is 2.81. The van der Waals surface area contributed by atoms with E-state index in [1.165, 1.54) is 6.20 Å². The molecule has 1 aromatic rings. The summed E-state index contributed by atoms with van der Waals surface area (Å²) < 4.78 is 0. The molecule has 6 heteroatoms. The third-order valence-corrected chi connectivity index (χ3v) is 3.14. The van der Waals surface area contributed by atoms with E-state index in [0.717, 1.165) is 6.42 Å². The number of hydrogen-bond donors (Lipinski definition) is 2. The summed E-state index contributed by atoms with van der Waals surface area (Å²) >= 11 is 0. The van der Waals surface area contributed by atoms with Crippen LogP contribution < -0.4 is 10.6 Å². The first kappa shape index (κ1) is 12.3. The number of carbonyl (C=O) groups is 2. The molecule has 2 heterocycles. The predicted octanol–water partition coefficient (Wildman–Crippen LogP) is 0.542. The molecule has 0 saturated carbocycles. The predicted molar refractivity (Wildman–Crippen MR) is 65.5 cm³/mol. The molecule has 0 aliphatic carbocycles. The summed E-state index contributed by atoms with van der Waals surface area (Å²) in [6, 6.07) is 1.26. The van der Waals surface area contributed by atoms with Gasteiger partial charge in [-0.05, 0) is 25.8 Å². The van der Waals surface area contributed by atoms with Crippen LogP contribution in [0.5, 0.6) is 0 Å². The Labute approximate surface area is 104 Å². The molecule has 96 valence electrons. The van der Waals surface area contributed by atoms with E-state index in [0.29, 0.717) is 24.3 Å². The standard InChI is InChI=1S/C12H15N3O3/c1-7-5-10(8(6-14-7)12(17)18)15-4-2-3-9(15)11(13)16/h5-6,9H,2-4H2,1H3,(H2,13,16)(H,17,18). The average molecular weight is 249 g/mol. The number of amides is 1. The Balaban J connectivity index is 2.46. The number of hydrogen-bond acceptors (Lipinski definition) is 4. The van der Waals surface area contributed by atoms with Gasteiger partial charge in [0, 0.05) is 18.4 Å². The number of pyridine rings is 1. The van der Waals surface area contributed by atoms with Crippen LogP contribution in [0, 0.1) is 6.92 Å². The van der Waals surface area contributed by atoms with Crippen LogP contribution in [-0.4, -0.2) is 34.6 Å². The second kappa shape index (κ2) is 4.64. The molecule has 18 heavy (non-hydrogen) atoms. The fraction of sp³-hybridized carbons (Fsp3) is 0.417. The number of carboxylic acid groups (broad SMARTS) is 1. The summed E-state index contributed by atoms with van der Waals surface area (Å²) in [4.78, 5) is 28.3. The molecule has 1 aromatic heterocycles. The topological polar surface area (TPSA) is 96.5 Å². The normalized spacial score (nSPS) is 18.9. The fourth-order valence-electron chi connectivity index (χ4n) is 2.30. The second-order valence-electron chi connectivity index (χ2n) is 4.40. The van der Waals surface area contributed by atoms with Gasteiger partial charge < -0.3 is 15.7 Å². The van der Waals surface area contributed by atoms with Gasteiger partial charge in [0.25, 0.3) is 0 Å². The Morgan fingerprint density at radius 3 is 2.89 bits per heavy atom. The van der Waals surface area contributed by atoms with Crippen LogP contribution in [0.2, 0.25) is 0 Å². The Morgan fingerprint density at radius 2 is 2.28 bits per heavy atom. The van der Waals surface area contributed by atoms with Crippen LogP contribution in [0.15, 0.2) is 12.3 Å². The van der Waals surface area contributed by atoms with Crippen molar-refractivity contribution in [3.63, 3.8) is 0 Å². The van der Waals surface area contributed by atoms with Gasteiger partial charge in [0.1, 0.15) is 11.6 Å². The molecule has 3 N–H and O–H groups in total. The van der Waals surface area contributed by atoms with Gasteiger partial charge in [-0.3, -0.25) is 9.78 Å². The molecule has 6 nitrogen and oxygen atoms in total. The van der Waals surface area contributed by atoms with Crippen molar-refractivity contribution in [1.82, 2.24) is 4.98 Å². The van der Waals surface area contributed by atoms with E-state index in [4.69, 9.17) is 10.8 Å². The minimum Gasteiger partial charge on any atom is -0.478 e. The molecule has 1 aliphatic heterocycles. The Morgan fingerprint density at radius 1 is 1.56 bits per heavy atom. The number of carboxylic acids is 1. The number of aryl methyl sites for hydroxylation is 1. The van der Waals surface area contributed by atoms with Crippen molar-refractivity contribution in [2.45, 2.75) is 25.8 Å². The molecule has 1 atom stereocenters. The summed E-state index contributed by atoms with van der Waals surface area (Å²) in [5, 5.41) is 9.16. The Kier molecular flexibility index (Phi) is 3.18. The average Bonchev–Trinajstić information content (AvgIpc) is 2.77. The fourth-order valence-corrected chi connectivity index (χ4v) is 2.30. The number of anilines is 1.